The molecule has 0 atom stereocenters. The van der Waals surface area contributed by atoms with Crippen molar-refractivity contribution in [2.45, 2.75) is 36.0 Å². The molecular formula is C13H15BrO2S. The largest absolute Gasteiger partial charge is 0.481 e. The molecule has 1 fully saturated rings. The van der Waals surface area contributed by atoms with Gasteiger partial charge in [0.15, 0.2) is 0 Å². The molecule has 1 aliphatic carbocycles. The topological polar surface area (TPSA) is 37.3 Å². The van der Waals surface area contributed by atoms with Crippen molar-refractivity contribution in [3.05, 3.63) is 28.2 Å². The van der Waals surface area contributed by atoms with Crippen LogP contribution in [-0.4, -0.2) is 17.3 Å². The van der Waals surface area contributed by atoms with Gasteiger partial charge in [-0.25, -0.2) is 0 Å². The van der Waals surface area contributed by atoms with Crippen LogP contribution in [0.1, 0.15) is 31.2 Å². The first-order valence-corrected chi connectivity index (χ1v) is 7.70. The first-order chi connectivity index (χ1) is 8.12. The highest BCUT2D eigenvalue weighted by molar-refractivity contribution is 9.10. The molecule has 1 saturated carbocycles. The molecule has 0 bridgehead atoms. The summed E-state index contributed by atoms with van der Waals surface area (Å²) in [5.74, 6) is -0.683. The van der Waals surface area contributed by atoms with Crippen LogP contribution in [0.15, 0.2) is 27.6 Å². The Morgan fingerprint density at radius 1 is 1.41 bits per heavy atom. The maximum Gasteiger partial charge on any atom is 0.314 e. The summed E-state index contributed by atoms with van der Waals surface area (Å²) in [7, 11) is 0. The second kappa shape index (κ2) is 5.02. The van der Waals surface area contributed by atoms with Crippen molar-refractivity contribution in [1.82, 2.24) is 0 Å². The van der Waals surface area contributed by atoms with Gasteiger partial charge >= 0.3 is 5.97 Å². The van der Waals surface area contributed by atoms with Crippen molar-refractivity contribution < 1.29 is 9.90 Å². The summed E-state index contributed by atoms with van der Waals surface area (Å²) in [5, 5.41) is 9.63. The normalized spacial score (nSPS) is 18.2. The van der Waals surface area contributed by atoms with E-state index in [1.165, 1.54) is 0 Å². The molecule has 0 heterocycles. The Hall–Kier alpha value is -0.480. The Morgan fingerprint density at radius 2 is 2.06 bits per heavy atom. The van der Waals surface area contributed by atoms with Crippen LogP contribution < -0.4 is 0 Å². The summed E-state index contributed by atoms with van der Waals surface area (Å²) in [5.41, 5.74) is 0.288. The van der Waals surface area contributed by atoms with Crippen LogP contribution in [-0.2, 0) is 10.2 Å². The van der Waals surface area contributed by atoms with Gasteiger partial charge in [0.1, 0.15) is 0 Å². The van der Waals surface area contributed by atoms with Crippen molar-refractivity contribution in [2.75, 3.05) is 6.26 Å². The molecule has 1 aromatic rings. The third kappa shape index (κ3) is 2.13. The van der Waals surface area contributed by atoms with E-state index in [1.54, 1.807) is 11.8 Å². The van der Waals surface area contributed by atoms with Crippen LogP contribution in [0, 0.1) is 0 Å². The molecule has 0 spiro atoms. The number of carbonyl (C=O) groups is 1. The van der Waals surface area contributed by atoms with Crippen molar-refractivity contribution in [1.29, 1.82) is 0 Å². The average Bonchev–Trinajstić information content (AvgIpc) is 2.78. The summed E-state index contributed by atoms with van der Waals surface area (Å²) in [4.78, 5) is 12.8. The molecule has 1 aromatic carbocycles. The van der Waals surface area contributed by atoms with Crippen LogP contribution in [0.25, 0.3) is 0 Å². The summed E-state index contributed by atoms with van der Waals surface area (Å²) in [6, 6.07) is 5.91. The lowest BCUT2D eigenvalue weighted by Crippen LogP contribution is -2.33. The van der Waals surface area contributed by atoms with E-state index in [0.29, 0.717) is 0 Å². The van der Waals surface area contributed by atoms with Gasteiger partial charge in [0.05, 0.1) is 5.41 Å². The van der Waals surface area contributed by atoms with E-state index in [0.717, 1.165) is 40.6 Å². The molecule has 0 unspecified atom stereocenters. The van der Waals surface area contributed by atoms with Crippen LogP contribution in [0.5, 0.6) is 0 Å². The third-order valence-corrected chi connectivity index (χ3v) is 4.98. The standard InChI is InChI=1S/C13H15BrO2S/c1-17-10-6-4-5-9(14)11(10)13(12(15)16)7-2-3-8-13/h4-6H,2-3,7-8H2,1H3,(H,15,16). The minimum Gasteiger partial charge on any atom is -0.481 e. The predicted molar refractivity (Wildman–Crippen MR) is 73.7 cm³/mol. The number of aliphatic carboxylic acids is 1. The molecule has 1 aliphatic rings. The van der Waals surface area contributed by atoms with Crippen molar-refractivity contribution >= 4 is 33.7 Å². The van der Waals surface area contributed by atoms with Gasteiger partial charge in [-0.15, -0.1) is 11.8 Å². The molecular weight excluding hydrogens is 300 g/mol. The number of carboxylic acid groups (broad SMARTS) is 1. The van der Waals surface area contributed by atoms with Crippen molar-refractivity contribution in [3.63, 3.8) is 0 Å². The van der Waals surface area contributed by atoms with Gasteiger partial charge in [-0.05, 0) is 36.8 Å². The minimum absolute atomic E-state index is 0.682. The Labute approximate surface area is 114 Å². The van der Waals surface area contributed by atoms with Crippen molar-refractivity contribution in [2.24, 2.45) is 0 Å². The maximum absolute atomic E-state index is 11.7. The van der Waals surface area contributed by atoms with Gasteiger partial charge in [0.2, 0.25) is 0 Å². The molecule has 0 radical (unpaired) electrons. The lowest BCUT2D eigenvalue weighted by atomic mass is 9.79. The Kier molecular flexibility index (Phi) is 3.83. The van der Waals surface area contributed by atoms with E-state index in [4.69, 9.17) is 0 Å². The molecule has 2 nitrogen and oxygen atoms in total. The first-order valence-electron chi connectivity index (χ1n) is 5.68. The monoisotopic (exact) mass is 314 g/mol. The summed E-state index contributed by atoms with van der Waals surface area (Å²) in [6.07, 6.45) is 5.50. The third-order valence-electron chi connectivity index (χ3n) is 3.54. The lowest BCUT2D eigenvalue weighted by Gasteiger charge is -2.27. The highest BCUT2D eigenvalue weighted by Crippen LogP contribution is 2.47. The van der Waals surface area contributed by atoms with Gasteiger partial charge < -0.3 is 5.11 Å². The van der Waals surface area contributed by atoms with E-state index in [2.05, 4.69) is 15.9 Å². The zero-order valence-corrected chi connectivity index (χ0v) is 12.1. The second-order valence-electron chi connectivity index (χ2n) is 4.41. The summed E-state index contributed by atoms with van der Waals surface area (Å²) >= 11 is 5.14. The van der Waals surface area contributed by atoms with Gasteiger partial charge in [-0.1, -0.05) is 34.8 Å². The van der Waals surface area contributed by atoms with E-state index in [-0.39, 0.29) is 0 Å². The van der Waals surface area contributed by atoms with Gasteiger partial charge in [-0.3, -0.25) is 4.79 Å². The van der Waals surface area contributed by atoms with E-state index < -0.39 is 11.4 Å². The lowest BCUT2D eigenvalue weighted by molar-refractivity contribution is -0.143. The smallest absolute Gasteiger partial charge is 0.314 e. The van der Waals surface area contributed by atoms with Crippen molar-refractivity contribution in [3.8, 4) is 0 Å². The van der Waals surface area contributed by atoms with Gasteiger partial charge in [-0.2, -0.15) is 0 Å². The van der Waals surface area contributed by atoms with Crippen LogP contribution >= 0.6 is 27.7 Å². The Bertz CT molecular complexity index is 439. The van der Waals surface area contributed by atoms with Crippen LogP contribution in [0.3, 0.4) is 0 Å². The fraction of sp³-hybridized carbons (Fsp3) is 0.462. The predicted octanol–water partition coefficient (Wildman–Crippen LogP) is 4.07. The average molecular weight is 315 g/mol. The highest BCUT2D eigenvalue weighted by atomic mass is 79.9. The molecule has 92 valence electrons. The molecule has 17 heavy (non-hydrogen) atoms. The number of hydrogen-bond acceptors (Lipinski definition) is 2. The number of rotatable bonds is 3. The summed E-state index contributed by atoms with van der Waals surface area (Å²) < 4.78 is 0.925. The molecule has 0 aromatic heterocycles. The molecule has 0 saturated heterocycles. The van der Waals surface area contributed by atoms with Gasteiger partial charge in [0, 0.05) is 9.37 Å². The number of halogens is 1. The van der Waals surface area contributed by atoms with Gasteiger partial charge in [0.25, 0.3) is 0 Å². The second-order valence-corrected chi connectivity index (χ2v) is 6.11. The number of carboxylic acids is 1. The molecule has 2 rings (SSSR count). The quantitative estimate of drug-likeness (QED) is 0.855. The highest BCUT2D eigenvalue weighted by Gasteiger charge is 2.45. The fourth-order valence-corrected chi connectivity index (χ4v) is 4.29. The molecule has 1 N–H and O–H groups in total. The van der Waals surface area contributed by atoms with E-state index in [9.17, 15) is 9.90 Å². The molecule has 0 aliphatic heterocycles. The van der Waals surface area contributed by atoms with E-state index in [1.807, 2.05) is 24.5 Å². The fourth-order valence-electron chi connectivity index (χ4n) is 2.69. The Balaban J connectivity index is 2.61. The number of benzene rings is 1. The SMILES string of the molecule is CSc1cccc(Br)c1C1(C(=O)O)CCCC1. The van der Waals surface area contributed by atoms with E-state index >= 15 is 0 Å². The number of thioether (sulfide) groups is 1. The summed E-state index contributed by atoms with van der Waals surface area (Å²) in [6.45, 7) is 0. The molecule has 0 amide bonds. The molecule has 4 heteroatoms. The Morgan fingerprint density at radius 3 is 2.59 bits per heavy atom. The maximum atomic E-state index is 11.7. The van der Waals surface area contributed by atoms with Crippen LogP contribution in [0.2, 0.25) is 0 Å². The zero-order chi connectivity index (χ0) is 12.5. The van der Waals surface area contributed by atoms with Crippen LogP contribution in [0.4, 0.5) is 0 Å². The first kappa shape index (κ1) is 13.0. The zero-order valence-electron chi connectivity index (χ0n) is 9.70. The minimum atomic E-state index is -0.683. The number of hydrogen-bond donors (Lipinski definition) is 1.